The van der Waals surface area contributed by atoms with Gasteiger partial charge in [0.2, 0.25) is 5.04 Å². The van der Waals surface area contributed by atoms with E-state index in [0.717, 1.165) is 5.25 Å². The SMILES string of the molecule is CC[N+]1=C(C)SC(C)C1. The molecule has 0 saturated carbocycles. The van der Waals surface area contributed by atoms with Crippen LogP contribution in [0, 0.1) is 0 Å². The van der Waals surface area contributed by atoms with Crippen molar-refractivity contribution < 1.29 is 4.58 Å². The molecule has 1 heterocycles. The summed E-state index contributed by atoms with van der Waals surface area (Å²) in [7, 11) is 0. The molecule has 0 fully saturated rings. The van der Waals surface area contributed by atoms with Crippen LogP contribution >= 0.6 is 11.8 Å². The highest BCUT2D eigenvalue weighted by molar-refractivity contribution is 8.14. The number of hydrogen-bond donors (Lipinski definition) is 0. The zero-order valence-electron chi connectivity index (χ0n) is 6.35. The van der Waals surface area contributed by atoms with Gasteiger partial charge in [0.25, 0.3) is 0 Å². The lowest BCUT2D eigenvalue weighted by Crippen LogP contribution is -2.14. The number of hydrogen-bond acceptors (Lipinski definition) is 1. The highest BCUT2D eigenvalue weighted by Gasteiger charge is 2.23. The predicted molar refractivity (Wildman–Crippen MR) is 43.4 cm³/mol. The van der Waals surface area contributed by atoms with Crippen molar-refractivity contribution >= 4 is 16.8 Å². The van der Waals surface area contributed by atoms with E-state index in [1.165, 1.54) is 18.1 Å². The van der Waals surface area contributed by atoms with E-state index < -0.39 is 0 Å². The third-order valence-electron chi connectivity index (χ3n) is 1.68. The molecule has 9 heavy (non-hydrogen) atoms. The van der Waals surface area contributed by atoms with Crippen molar-refractivity contribution in [1.29, 1.82) is 0 Å². The molecule has 2 heteroatoms. The highest BCUT2D eigenvalue weighted by Crippen LogP contribution is 2.18. The van der Waals surface area contributed by atoms with Crippen molar-refractivity contribution in [3.05, 3.63) is 0 Å². The van der Waals surface area contributed by atoms with E-state index in [1.54, 1.807) is 0 Å². The van der Waals surface area contributed by atoms with E-state index in [4.69, 9.17) is 0 Å². The second kappa shape index (κ2) is 2.74. The first-order valence-electron chi connectivity index (χ1n) is 3.49. The van der Waals surface area contributed by atoms with Gasteiger partial charge in [0.05, 0.1) is 5.25 Å². The smallest absolute Gasteiger partial charge is 0.207 e. The summed E-state index contributed by atoms with van der Waals surface area (Å²) in [6.07, 6.45) is 0. The van der Waals surface area contributed by atoms with Crippen molar-refractivity contribution in [1.82, 2.24) is 0 Å². The van der Waals surface area contributed by atoms with Crippen LogP contribution in [0.15, 0.2) is 0 Å². The molecule has 1 aliphatic heterocycles. The average molecular weight is 144 g/mol. The second-order valence-corrected chi connectivity index (χ2v) is 4.12. The van der Waals surface area contributed by atoms with Crippen LogP contribution in [0.1, 0.15) is 20.8 Å². The predicted octanol–water partition coefficient (Wildman–Crippen LogP) is 1.57. The van der Waals surface area contributed by atoms with Crippen LogP contribution in [0.2, 0.25) is 0 Å². The summed E-state index contributed by atoms with van der Waals surface area (Å²) in [6, 6.07) is 0. The highest BCUT2D eigenvalue weighted by atomic mass is 32.2. The van der Waals surface area contributed by atoms with Gasteiger partial charge in [0.1, 0.15) is 6.54 Å². The van der Waals surface area contributed by atoms with E-state index in [1.807, 2.05) is 11.8 Å². The monoisotopic (exact) mass is 144 g/mol. The molecule has 0 aromatic carbocycles. The zero-order chi connectivity index (χ0) is 6.85. The molecule has 1 unspecified atom stereocenters. The van der Waals surface area contributed by atoms with Gasteiger partial charge in [-0.3, -0.25) is 0 Å². The van der Waals surface area contributed by atoms with Gasteiger partial charge in [-0.25, -0.2) is 4.58 Å². The maximum Gasteiger partial charge on any atom is 0.207 e. The molecule has 0 saturated heterocycles. The van der Waals surface area contributed by atoms with Crippen LogP contribution < -0.4 is 0 Å². The number of rotatable bonds is 1. The molecule has 1 aliphatic rings. The summed E-state index contributed by atoms with van der Waals surface area (Å²) < 4.78 is 2.43. The molecule has 52 valence electrons. The van der Waals surface area contributed by atoms with Gasteiger partial charge < -0.3 is 0 Å². The molecule has 1 atom stereocenters. The standard InChI is InChI=1S/C7H14NS/c1-4-8-5-6(2)9-7(8)3/h6H,4-5H2,1-3H3/q+1. The van der Waals surface area contributed by atoms with Crippen LogP contribution in [0.5, 0.6) is 0 Å². The molecule has 0 aromatic heterocycles. The van der Waals surface area contributed by atoms with E-state index in [0.29, 0.717) is 0 Å². The molecule has 1 rings (SSSR count). The van der Waals surface area contributed by atoms with Crippen LogP contribution in [-0.4, -0.2) is 28.0 Å². The van der Waals surface area contributed by atoms with Gasteiger partial charge in [-0.1, -0.05) is 11.8 Å². The summed E-state index contributed by atoms with van der Waals surface area (Å²) >= 11 is 2.00. The fourth-order valence-electron chi connectivity index (χ4n) is 1.19. The fourth-order valence-corrected chi connectivity index (χ4v) is 2.38. The Morgan fingerprint density at radius 1 is 1.78 bits per heavy atom. The first-order valence-corrected chi connectivity index (χ1v) is 4.37. The van der Waals surface area contributed by atoms with Crippen molar-refractivity contribution in [2.75, 3.05) is 13.1 Å². The summed E-state index contributed by atoms with van der Waals surface area (Å²) in [5, 5.41) is 2.30. The Morgan fingerprint density at radius 2 is 2.44 bits per heavy atom. The molecule has 0 aliphatic carbocycles. The molecule has 0 bridgehead atoms. The Balaban J connectivity index is 2.58. The van der Waals surface area contributed by atoms with Crippen molar-refractivity contribution in [2.24, 2.45) is 0 Å². The Hall–Kier alpha value is 0.0200. The van der Waals surface area contributed by atoms with E-state index >= 15 is 0 Å². The fraction of sp³-hybridized carbons (Fsp3) is 0.857. The minimum Gasteiger partial charge on any atom is -0.227 e. The Bertz CT molecular complexity index is 140. The van der Waals surface area contributed by atoms with Crippen LogP contribution in [0.3, 0.4) is 0 Å². The molecule has 0 aromatic rings. The van der Waals surface area contributed by atoms with Gasteiger partial charge in [-0.15, -0.1) is 0 Å². The molecule has 0 amide bonds. The number of nitrogens with zero attached hydrogens (tertiary/aromatic N) is 1. The maximum atomic E-state index is 2.43. The van der Waals surface area contributed by atoms with Gasteiger partial charge >= 0.3 is 0 Å². The van der Waals surface area contributed by atoms with E-state index in [9.17, 15) is 0 Å². The minimum absolute atomic E-state index is 0.810. The molecule has 0 radical (unpaired) electrons. The van der Waals surface area contributed by atoms with Gasteiger partial charge in [-0.2, -0.15) is 0 Å². The van der Waals surface area contributed by atoms with Gasteiger partial charge in [0.15, 0.2) is 6.54 Å². The Kier molecular flexibility index (Phi) is 2.17. The average Bonchev–Trinajstić information content (AvgIpc) is 2.10. The van der Waals surface area contributed by atoms with Gasteiger partial charge in [0, 0.05) is 6.92 Å². The normalized spacial score (nSPS) is 27.7. The second-order valence-electron chi connectivity index (χ2n) is 2.49. The molecule has 0 N–H and O–H groups in total. The summed E-state index contributed by atoms with van der Waals surface area (Å²) in [5.41, 5.74) is 0. The van der Waals surface area contributed by atoms with Crippen molar-refractivity contribution in [3.63, 3.8) is 0 Å². The van der Waals surface area contributed by atoms with E-state index in [-0.39, 0.29) is 0 Å². The van der Waals surface area contributed by atoms with Crippen molar-refractivity contribution in [3.8, 4) is 0 Å². The first-order chi connectivity index (χ1) is 4.24. The molecule has 0 spiro atoms. The van der Waals surface area contributed by atoms with Crippen LogP contribution in [0.4, 0.5) is 0 Å². The zero-order valence-corrected chi connectivity index (χ0v) is 7.16. The van der Waals surface area contributed by atoms with Crippen LogP contribution in [-0.2, 0) is 0 Å². The topological polar surface area (TPSA) is 3.01 Å². The Labute approximate surface area is 61.2 Å². The van der Waals surface area contributed by atoms with Gasteiger partial charge in [-0.05, 0) is 13.8 Å². The summed E-state index contributed by atoms with van der Waals surface area (Å²) in [6.45, 7) is 9.11. The largest absolute Gasteiger partial charge is 0.227 e. The third-order valence-corrected chi connectivity index (χ3v) is 2.83. The summed E-state index contributed by atoms with van der Waals surface area (Å²) in [4.78, 5) is 0. The minimum atomic E-state index is 0.810. The quantitative estimate of drug-likeness (QED) is 0.505. The molecular weight excluding hydrogens is 130 g/mol. The summed E-state index contributed by atoms with van der Waals surface area (Å²) in [5.74, 6) is 0. The van der Waals surface area contributed by atoms with E-state index in [2.05, 4.69) is 25.3 Å². The lowest BCUT2D eigenvalue weighted by atomic mass is 10.4. The lowest BCUT2D eigenvalue weighted by molar-refractivity contribution is -0.517. The van der Waals surface area contributed by atoms with Crippen LogP contribution in [0.25, 0.3) is 0 Å². The lowest BCUT2D eigenvalue weighted by Gasteiger charge is -1.92. The third kappa shape index (κ3) is 1.48. The molecular formula is C7H14NS+. The van der Waals surface area contributed by atoms with Crippen molar-refractivity contribution in [2.45, 2.75) is 26.0 Å². The number of thioether (sulfide) groups is 1. The first kappa shape index (κ1) is 7.13. The molecule has 1 nitrogen and oxygen atoms in total. The Morgan fingerprint density at radius 3 is 2.67 bits per heavy atom. The maximum absolute atomic E-state index is 2.43.